The van der Waals surface area contributed by atoms with E-state index in [-0.39, 0.29) is 37.3 Å². The van der Waals surface area contributed by atoms with Crippen LogP contribution in [0.5, 0.6) is 0 Å². The topological polar surface area (TPSA) is 203 Å². The zero-order valence-corrected chi connectivity index (χ0v) is 33.0. The Morgan fingerprint density at radius 3 is 1.92 bits per heavy atom. The Labute approximate surface area is 311 Å². The third kappa shape index (κ3) is 16.0. The number of carbonyl (C=O) groups excluding carboxylic acids is 7. The summed E-state index contributed by atoms with van der Waals surface area (Å²) in [6.45, 7) is 14.4. The van der Waals surface area contributed by atoms with Crippen molar-refractivity contribution in [1.82, 2.24) is 31.5 Å². The first-order chi connectivity index (χ1) is 24.6. The first kappa shape index (κ1) is 46.5. The monoisotopic (exact) mass is 737 g/mol. The van der Waals surface area contributed by atoms with E-state index in [2.05, 4.69) is 33.5 Å². The molecule has 0 saturated carbocycles. The number of rotatable bonds is 25. The van der Waals surface area contributed by atoms with Crippen LogP contribution in [0.3, 0.4) is 0 Å². The number of hydrogen-bond donors (Lipinski definition) is 6. The highest BCUT2D eigenvalue weighted by molar-refractivity contribution is 6.02. The molecule has 0 spiro atoms. The van der Waals surface area contributed by atoms with E-state index in [1.807, 2.05) is 13.8 Å². The van der Waals surface area contributed by atoms with Crippen molar-refractivity contribution >= 4 is 41.2 Å². The molecule has 1 saturated heterocycles. The van der Waals surface area contributed by atoms with Gasteiger partial charge in [-0.3, -0.25) is 33.6 Å². The smallest absolute Gasteiger partial charge is 0.245 e. The number of aliphatic hydroxyl groups excluding tert-OH is 1. The molecule has 1 aliphatic heterocycles. The predicted octanol–water partition coefficient (Wildman–Crippen LogP) is 2.50. The van der Waals surface area contributed by atoms with Crippen LogP contribution in [0.2, 0.25) is 0 Å². The standard InChI is InChI=1S/C38H68N6O8/c1-9-11-12-13-14-15-16-19-31(46)26(7)33(47)42-29(23-24(3)4)35(49)40-27(8)38(52)44-21-17-18-30(44)36(50)43-32(25(5)6)37(51)41-28(10-2)34(48)39-20-22-45/h24-30,32,45H,9-23H2,1-8H3,(H,39,48)(H,40,49)(H,41,51)(H,42,47)(H,43,50)/t26?,27-,28+,29+,30+,32+/m1/s1. The summed E-state index contributed by atoms with van der Waals surface area (Å²) in [4.78, 5) is 93.4. The fraction of sp³-hybridized carbons (Fsp3) is 0.816. The highest BCUT2D eigenvalue weighted by Gasteiger charge is 2.39. The van der Waals surface area contributed by atoms with Gasteiger partial charge in [0.05, 0.1) is 12.5 Å². The van der Waals surface area contributed by atoms with Gasteiger partial charge in [-0.05, 0) is 57.8 Å². The molecule has 0 radical (unpaired) electrons. The van der Waals surface area contributed by atoms with Gasteiger partial charge in [0.1, 0.15) is 36.0 Å². The normalized spacial score (nSPS) is 17.1. The maximum absolute atomic E-state index is 13.6. The number of nitrogens with zero attached hydrogens (tertiary/aromatic N) is 1. The summed E-state index contributed by atoms with van der Waals surface area (Å²) in [5.74, 6) is -4.44. The molecule has 14 heteroatoms. The van der Waals surface area contributed by atoms with E-state index < -0.39 is 71.6 Å². The average molecular weight is 737 g/mol. The van der Waals surface area contributed by atoms with Gasteiger partial charge in [-0.25, -0.2) is 0 Å². The molecule has 6 atom stereocenters. The van der Waals surface area contributed by atoms with Gasteiger partial charge in [0.2, 0.25) is 35.4 Å². The Morgan fingerprint density at radius 1 is 0.731 bits per heavy atom. The van der Waals surface area contributed by atoms with Crippen molar-refractivity contribution in [2.24, 2.45) is 17.8 Å². The molecular weight excluding hydrogens is 668 g/mol. The molecule has 1 rings (SSSR count). The van der Waals surface area contributed by atoms with Crippen molar-refractivity contribution in [2.45, 2.75) is 163 Å². The molecule has 0 aliphatic carbocycles. The van der Waals surface area contributed by atoms with Gasteiger partial charge >= 0.3 is 0 Å². The Morgan fingerprint density at radius 2 is 1.35 bits per heavy atom. The molecule has 0 aromatic carbocycles. The van der Waals surface area contributed by atoms with E-state index in [0.717, 1.165) is 25.7 Å². The fourth-order valence-corrected chi connectivity index (χ4v) is 6.25. The molecule has 1 aliphatic rings. The minimum Gasteiger partial charge on any atom is -0.395 e. The maximum Gasteiger partial charge on any atom is 0.245 e. The first-order valence-corrected chi connectivity index (χ1v) is 19.5. The number of unbranched alkanes of at least 4 members (excludes halogenated alkanes) is 6. The molecule has 14 nitrogen and oxygen atoms in total. The summed E-state index contributed by atoms with van der Waals surface area (Å²) in [7, 11) is 0. The number of likely N-dealkylation sites (tertiary alicyclic amines) is 1. The fourth-order valence-electron chi connectivity index (χ4n) is 6.25. The first-order valence-electron chi connectivity index (χ1n) is 19.5. The summed E-state index contributed by atoms with van der Waals surface area (Å²) in [5.41, 5.74) is 0. The Hall–Kier alpha value is -3.55. The van der Waals surface area contributed by atoms with Crippen molar-refractivity contribution in [1.29, 1.82) is 0 Å². The van der Waals surface area contributed by atoms with Crippen LogP contribution < -0.4 is 26.6 Å². The van der Waals surface area contributed by atoms with Crippen LogP contribution in [0, 0.1) is 17.8 Å². The number of nitrogens with one attached hydrogen (secondary N) is 5. The minimum absolute atomic E-state index is 0.0288. The van der Waals surface area contributed by atoms with Crippen molar-refractivity contribution in [3.63, 3.8) is 0 Å². The van der Waals surface area contributed by atoms with Gasteiger partial charge in [0.15, 0.2) is 0 Å². The zero-order chi connectivity index (χ0) is 39.4. The van der Waals surface area contributed by atoms with E-state index in [1.165, 1.54) is 31.1 Å². The lowest BCUT2D eigenvalue weighted by molar-refractivity contribution is -0.142. The summed E-state index contributed by atoms with van der Waals surface area (Å²) >= 11 is 0. The number of hydrogen-bond acceptors (Lipinski definition) is 8. The van der Waals surface area contributed by atoms with Crippen LogP contribution in [0.1, 0.15) is 132 Å². The lowest BCUT2D eigenvalue weighted by Gasteiger charge is -2.30. The van der Waals surface area contributed by atoms with Crippen molar-refractivity contribution in [2.75, 3.05) is 19.7 Å². The van der Waals surface area contributed by atoms with Crippen molar-refractivity contribution in [3.05, 3.63) is 0 Å². The Bertz CT molecular complexity index is 1180. The number of Topliss-reactive ketones (excluding diaryl/α,β-unsaturated/α-hetero) is 1. The van der Waals surface area contributed by atoms with Gasteiger partial charge in [0, 0.05) is 19.5 Å². The van der Waals surface area contributed by atoms with Gasteiger partial charge in [0.25, 0.3) is 0 Å². The maximum atomic E-state index is 13.6. The van der Waals surface area contributed by atoms with Gasteiger partial charge in [-0.2, -0.15) is 0 Å². The second-order valence-corrected chi connectivity index (χ2v) is 14.9. The van der Waals surface area contributed by atoms with Crippen LogP contribution >= 0.6 is 0 Å². The zero-order valence-electron chi connectivity index (χ0n) is 33.0. The summed E-state index contributed by atoms with van der Waals surface area (Å²) in [5, 5.41) is 22.4. The third-order valence-corrected chi connectivity index (χ3v) is 9.51. The number of aliphatic hydroxyl groups is 1. The third-order valence-electron chi connectivity index (χ3n) is 9.51. The van der Waals surface area contributed by atoms with Crippen LogP contribution in [0.4, 0.5) is 0 Å². The van der Waals surface area contributed by atoms with Gasteiger partial charge < -0.3 is 36.6 Å². The molecular formula is C38H68N6O8. The summed E-state index contributed by atoms with van der Waals surface area (Å²) in [6.07, 6.45) is 9.26. The molecule has 298 valence electrons. The highest BCUT2D eigenvalue weighted by atomic mass is 16.3. The van der Waals surface area contributed by atoms with E-state index in [1.54, 1.807) is 27.7 Å². The quantitative estimate of drug-likeness (QED) is 0.0606. The molecule has 6 amide bonds. The summed E-state index contributed by atoms with van der Waals surface area (Å²) < 4.78 is 0. The minimum atomic E-state index is -1.02. The molecule has 0 aromatic rings. The number of ketones is 1. The van der Waals surface area contributed by atoms with E-state index in [0.29, 0.717) is 32.1 Å². The van der Waals surface area contributed by atoms with E-state index in [9.17, 15) is 33.6 Å². The van der Waals surface area contributed by atoms with E-state index >= 15 is 0 Å². The molecule has 1 unspecified atom stereocenters. The van der Waals surface area contributed by atoms with Crippen LogP contribution in [0.25, 0.3) is 0 Å². The lowest BCUT2D eigenvalue weighted by Crippen LogP contribution is -2.59. The average Bonchev–Trinajstić information content (AvgIpc) is 3.60. The Kier molecular flexibility index (Phi) is 22.0. The van der Waals surface area contributed by atoms with Crippen LogP contribution in [-0.4, -0.2) is 101 Å². The molecule has 0 aromatic heterocycles. The van der Waals surface area contributed by atoms with Gasteiger partial charge in [-0.15, -0.1) is 0 Å². The van der Waals surface area contributed by atoms with Crippen molar-refractivity contribution in [3.8, 4) is 0 Å². The number of amides is 6. The van der Waals surface area contributed by atoms with Crippen LogP contribution in [0.15, 0.2) is 0 Å². The lowest BCUT2D eigenvalue weighted by atomic mass is 9.97. The Balaban J connectivity index is 2.86. The molecule has 52 heavy (non-hydrogen) atoms. The largest absolute Gasteiger partial charge is 0.395 e. The predicted molar refractivity (Wildman–Crippen MR) is 200 cm³/mol. The SMILES string of the molecule is CCCCCCCCCC(=O)C(C)C(=O)N[C@@H](CC(C)C)C(=O)N[C@H](C)C(=O)N1CCC[C@H]1C(=O)N[C@H](C(=O)N[C@@H](CC)C(=O)NCCO)C(C)C. The van der Waals surface area contributed by atoms with Crippen molar-refractivity contribution < 1.29 is 38.7 Å². The molecule has 1 heterocycles. The van der Waals surface area contributed by atoms with Crippen LogP contribution in [-0.2, 0) is 33.6 Å². The molecule has 6 N–H and O–H groups in total. The number of carbonyl (C=O) groups is 7. The van der Waals surface area contributed by atoms with E-state index in [4.69, 9.17) is 5.11 Å². The molecule has 0 bridgehead atoms. The second kappa shape index (κ2) is 24.6. The van der Waals surface area contributed by atoms with Gasteiger partial charge in [-0.1, -0.05) is 80.1 Å². The summed E-state index contributed by atoms with van der Waals surface area (Å²) in [6, 6.07) is -4.68. The molecule has 1 fully saturated rings. The highest BCUT2D eigenvalue weighted by Crippen LogP contribution is 2.20. The second-order valence-electron chi connectivity index (χ2n) is 14.9.